The van der Waals surface area contributed by atoms with E-state index in [4.69, 9.17) is 25.8 Å². The fourth-order valence-corrected chi connectivity index (χ4v) is 4.03. The third-order valence-electron chi connectivity index (χ3n) is 5.43. The molecule has 33 heavy (non-hydrogen) atoms. The van der Waals surface area contributed by atoms with Crippen LogP contribution in [0.25, 0.3) is 33.8 Å². The van der Waals surface area contributed by atoms with Crippen molar-refractivity contribution >= 4 is 28.3 Å². The van der Waals surface area contributed by atoms with Crippen molar-refractivity contribution in [1.29, 1.82) is 0 Å². The summed E-state index contributed by atoms with van der Waals surface area (Å²) in [6, 6.07) is 12.4. The molecule has 164 valence electrons. The highest BCUT2D eigenvalue weighted by molar-refractivity contribution is 6.30. The van der Waals surface area contributed by atoms with Gasteiger partial charge < -0.3 is 14.2 Å². The van der Waals surface area contributed by atoms with Crippen molar-refractivity contribution in [3.8, 4) is 34.3 Å². The molecule has 0 saturated carbocycles. The average Bonchev–Trinajstić information content (AvgIpc) is 3.29. The van der Waals surface area contributed by atoms with Gasteiger partial charge in [-0.15, -0.1) is 5.10 Å². The summed E-state index contributed by atoms with van der Waals surface area (Å²) >= 11 is 6.16. The smallest absolute Gasteiger partial charge is 0.266 e. The zero-order valence-electron chi connectivity index (χ0n) is 17.4. The Hall–Kier alpha value is -4.11. The number of benzene rings is 2. The normalized spacial score (nSPS) is 12.9. The third kappa shape index (κ3) is 3.16. The van der Waals surface area contributed by atoms with E-state index >= 15 is 0 Å². The Bertz CT molecular complexity index is 1610. The Morgan fingerprint density at radius 1 is 1.06 bits per heavy atom. The maximum atomic E-state index is 13.3. The molecule has 0 fully saturated rings. The maximum absolute atomic E-state index is 13.3. The molecule has 10 heteroatoms. The van der Waals surface area contributed by atoms with Gasteiger partial charge in [0.1, 0.15) is 19.0 Å². The number of nitrogens with zero attached hydrogens (tertiary/aromatic N) is 5. The molecule has 5 aromatic rings. The van der Waals surface area contributed by atoms with Crippen molar-refractivity contribution in [2.24, 2.45) is 0 Å². The number of rotatable bonds is 3. The minimum absolute atomic E-state index is 0.279. The first kappa shape index (κ1) is 19.6. The van der Waals surface area contributed by atoms with E-state index in [2.05, 4.69) is 15.1 Å². The molecule has 2 aromatic carbocycles. The summed E-state index contributed by atoms with van der Waals surface area (Å²) in [6.07, 6.45) is 3.16. The van der Waals surface area contributed by atoms with Gasteiger partial charge in [0.15, 0.2) is 17.3 Å². The minimum Gasteiger partial charge on any atom is -0.495 e. The summed E-state index contributed by atoms with van der Waals surface area (Å²) in [5.41, 5.74) is 1.60. The quantitative estimate of drug-likeness (QED) is 0.405. The van der Waals surface area contributed by atoms with Gasteiger partial charge >= 0.3 is 0 Å². The highest BCUT2D eigenvalue weighted by Crippen LogP contribution is 2.34. The molecular weight excluding hydrogens is 446 g/mol. The SMILES string of the molecule is COc1ccc(Cl)cc1-n1ccc2c(cnc3nc(-c4ccc5c(c4)OCCO5)nn32)c1=O. The molecule has 0 unspecified atom stereocenters. The number of hydrogen-bond acceptors (Lipinski definition) is 7. The molecule has 0 N–H and O–H groups in total. The van der Waals surface area contributed by atoms with E-state index in [1.54, 1.807) is 42.1 Å². The number of aromatic nitrogens is 5. The van der Waals surface area contributed by atoms with Gasteiger partial charge in [-0.1, -0.05) is 11.6 Å². The molecule has 0 bridgehead atoms. The fourth-order valence-electron chi connectivity index (χ4n) is 3.87. The van der Waals surface area contributed by atoms with Gasteiger partial charge in [-0.3, -0.25) is 9.36 Å². The van der Waals surface area contributed by atoms with Gasteiger partial charge in [0.25, 0.3) is 11.3 Å². The second-order valence-electron chi connectivity index (χ2n) is 7.37. The minimum atomic E-state index is -0.279. The van der Waals surface area contributed by atoms with E-state index in [0.717, 1.165) is 5.56 Å². The summed E-state index contributed by atoms with van der Waals surface area (Å²) in [5, 5.41) is 5.48. The lowest BCUT2D eigenvalue weighted by Gasteiger charge is -2.18. The molecule has 0 spiro atoms. The van der Waals surface area contributed by atoms with E-state index in [-0.39, 0.29) is 5.56 Å². The molecule has 9 nitrogen and oxygen atoms in total. The maximum Gasteiger partial charge on any atom is 0.266 e. The summed E-state index contributed by atoms with van der Waals surface area (Å²) in [6.45, 7) is 1.01. The van der Waals surface area contributed by atoms with Crippen LogP contribution in [0, 0.1) is 0 Å². The topological polar surface area (TPSA) is 92.8 Å². The van der Waals surface area contributed by atoms with Crippen LogP contribution < -0.4 is 19.8 Å². The lowest BCUT2D eigenvalue weighted by atomic mass is 10.2. The Kier molecular flexibility index (Phi) is 4.44. The Morgan fingerprint density at radius 2 is 1.91 bits per heavy atom. The molecule has 0 amide bonds. The Labute approximate surface area is 191 Å². The highest BCUT2D eigenvalue weighted by Gasteiger charge is 2.17. The van der Waals surface area contributed by atoms with Crippen LogP contribution in [0.1, 0.15) is 0 Å². The van der Waals surface area contributed by atoms with Crippen LogP contribution in [0.5, 0.6) is 17.2 Å². The van der Waals surface area contributed by atoms with Crippen molar-refractivity contribution in [2.75, 3.05) is 20.3 Å². The molecule has 3 aromatic heterocycles. The lowest BCUT2D eigenvalue weighted by molar-refractivity contribution is 0.171. The first-order valence-corrected chi connectivity index (χ1v) is 10.5. The number of methoxy groups -OCH3 is 1. The Morgan fingerprint density at radius 3 is 2.76 bits per heavy atom. The van der Waals surface area contributed by atoms with Crippen LogP contribution in [0.3, 0.4) is 0 Å². The predicted molar refractivity (Wildman–Crippen MR) is 122 cm³/mol. The van der Waals surface area contributed by atoms with E-state index in [1.807, 2.05) is 18.2 Å². The molecule has 1 aliphatic heterocycles. The van der Waals surface area contributed by atoms with Crippen LogP contribution >= 0.6 is 11.6 Å². The zero-order valence-corrected chi connectivity index (χ0v) is 18.1. The van der Waals surface area contributed by atoms with Crippen molar-refractivity contribution in [3.05, 3.63) is 70.2 Å². The van der Waals surface area contributed by atoms with E-state index < -0.39 is 0 Å². The largest absolute Gasteiger partial charge is 0.495 e. The number of ether oxygens (including phenoxy) is 3. The van der Waals surface area contributed by atoms with Gasteiger partial charge in [-0.25, -0.2) is 4.98 Å². The number of halogens is 1. The van der Waals surface area contributed by atoms with Gasteiger partial charge in [0.05, 0.1) is 23.7 Å². The summed E-state index contributed by atoms with van der Waals surface area (Å²) in [5.74, 6) is 2.71. The highest BCUT2D eigenvalue weighted by atomic mass is 35.5. The fraction of sp³-hybridized carbons (Fsp3) is 0.130. The van der Waals surface area contributed by atoms with Crippen LogP contribution in [0.15, 0.2) is 59.7 Å². The summed E-state index contributed by atoms with van der Waals surface area (Å²) in [4.78, 5) is 22.2. The molecule has 4 heterocycles. The van der Waals surface area contributed by atoms with Gasteiger partial charge in [0, 0.05) is 23.0 Å². The van der Waals surface area contributed by atoms with Gasteiger partial charge in [0.2, 0.25) is 0 Å². The third-order valence-corrected chi connectivity index (χ3v) is 5.67. The van der Waals surface area contributed by atoms with Crippen molar-refractivity contribution in [1.82, 2.24) is 24.1 Å². The summed E-state index contributed by atoms with van der Waals surface area (Å²) in [7, 11) is 1.54. The van der Waals surface area contributed by atoms with Crippen LogP contribution in [0.2, 0.25) is 5.02 Å². The second kappa shape index (κ2) is 7.49. The monoisotopic (exact) mass is 461 g/mol. The van der Waals surface area contributed by atoms with Gasteiger partial charge in [-0.2, -0.15) is 9.50 Å². The number of fused-ring (bicyclic) bond motifs is 4. The number of pyridine rings is 1. The first-order chi connectivity index (χ1) is 16.1. The summed E-state index contributed by atoms with van der Waals surface area (Å²) < 4.78 is 19.7. The van der Waals surface area contributed by atoms with Crippen molar-refractivity contribution < 1.29 is 14.2 Å². The van der Waals surface area contributed by atoms with Crippen molar-refractivity contribution in [3.63, 3.8) is 0 Å². The molecular formula is C23H16ClN5O4. The predicted octanol–water partition coefficient (Wildman–Crippen LogP) is 3.53. The molecule has 6 rings (SSSR count). The van der Waals surface area contributed by atoms with Gasteiger partial charge in [-0.05, 0) is 42.5 Å². The standard InChI is InChI=1S/C23H16ClN5O4/c1-31-18-5-3-14(24)11-17(18)28-7-6-16-15(22(28)30)12-25-23-26-21(27-29(16)23)13-2-4-19-20(10-13)33-9-8-32-19/h2-7,10-12H,8-9H2,1H3. The van der Waals surface area contributed by atoms with E-state index in [9.17, 15) is 4.79 Å². The second-order valence-corrected chi connectivity index (χ2v) is 7.81. The zero-order chi connectivity index (χ0) is 22.5. The lowest BCUT2D eigenvalue weighted by Crippen LogP contribution is -2.19. The Balaban J connectivity index is 1.50. The van der Waals surface area contributed by atoms with Crippen LogP contribution in [-0.2, 0) is 0 Å². The van der Waals surface area contributed by atoms with Crippen LogP contribution in [0.4, 0.5) is 0 Å². The molecule has 0 saturated heterocycles. The molecule has 0 radical (unpaired) electrons. The number of hydrogen-bond donors (Lipinski definition) is 0. The first-order valence-electron chi connectivity index (χ1n) is 10.1. The molecule has 1 aliphatic rings. The molecule has 0 atom stereocenters. The van der Waals surface area contributed by atoms with E-state index in [1.165, 1.54) is 10.8 Å². The average molecular weight is 462 g/mol. The van der Waals surface area contributed by atoms with Crippen molar-refractivity contribution in [2.45, 2.75) is 0 Å². The van der Waals surface area contributed by atoms with Crippen LogP contribution in [-0.4, -0.2) is 44.5 Å². The van der Waals surface area contributed by atoms with E-state index in [0.29, 0.717) is 63.7 Å². The molecule has 0 aliphatic carbocycles.